The molecule has 2 aliphatic heterocycles. The number of nitrogens with zero attached hydrogens (tertiary/aromatic N) is 2. The smallest absolute Gasteiger partial charge is 0.309 e. The van der Waals surface area contributed by atoms with Gasteiger partial charge < -0.3 is 14.2 Å². The van der Waals surface area contributed by atoms with Gasteiger partial charge in [0.25, 0.3) is 10.1 Å². The van der Waals surface area contributed by atoms with Crippen molar-refractivity contribution in [3.05, 3.63) is 130 Å². The maximum Gasteiger partial charge on any atom is 0.309 e. The van der Waals surface area contributed by atoms with Crippen LogP contribution in [0.3, 0.4) is 0 Å². The number of carbonyl (C=O) groups excluding carboxylic acids is 1. The van der Waals surface area contributed by atoms with Crippen molar-refractivity contribution < 1.29 is 40.0 Å². The molecule has 4 aromatic carbocycles. The van der Waals surface area contributed by atoms with Gasteiger partial charge in [-0.3, -0.25) is 9.35 Å². The lowest BCUT2D eigenvalue weighted by Crippen LogP contribution is -2.28. The lowest BCUT2D eigenvalue weighted by Gasteiger charge is -2.28. The highest BCUT2D eigenvalue weighted by Gasteiger charge is 2.46. The molecule has 0 saturated carbocycles. The van der Waals surface area contributed by atoms with E-state index < -0.39 is 42.7 Å². The maximum atomic E-state index is 13.5. The first-order chi connectivity index (χ1) is 29.3. The molecular formula is C49H55ClN2O8S2. The van der Waals surface area contributed by atoms with E-state index >= 15 is 0 Å². The van der Waals surface area contributed by atoms with Crippen molar-refractivity contribution in [1.82, 2.24) is 0 Å². The van der Waals surface area contributed by atoms with E-state index in [1.165, 1.54) is 0 Å². The van der Waals surface area contributed by atoms with Crippen molar-refractivity contribution >= 4 is 76.4 Å². The Balaban J connectivity index is 1.30. The van der Waals surface area contributed by atoms with Crippen LogP contribution in [-0.4, -0.2) is 73.4 Å². The summed E-state index contributed by atoms with van der Waals surface area (Å²) in [5.74, 6) is -1.52. The van der Waals surface area contributed by atoms with Crippen molar-refractivity contribution in [2.45, 2.75) is 84.0 Å². The summed E-state index contributed by atoms with van der Waals surface area (Å²) in [4.78, 5) is 15.7. The number of allylic oxidation sites excluding steroid dienone is 8. The third-order valence-corrected chi connectivity index (χ3v) is 14.6. The number of carbonyl (C=O) groups is 1. The maximum absolute atomic E-state index is 13.5. The SMILES string of the molecule is CCOC(=O)C1CC(/C=C/C2=[N+](CCCCS(=O)(=O)O)c3ccc4ccccc4c3C2(C)C)=C(Cl)C(=C/C=C2/N(CCCCS(=O)(=O)[O-])c3ccc4ccccc4c3C2(C)C)/C1. The predicted molar refractivity (Wildman–Crippen MR) is 248 cm³/mol. The van der Waals surface area contributed by atoms with Crippen LogP contribution in [0.15, 0.2) is 119 Å². The first-order valence-electron chi connectivity index (χ1n) is 21.3. The zero-order chi connectivity index (χ0) is 44.6. The van der Waals surface area contributed by atoms with Gasteiger partial charge in [-0.05, 0) is 109 Å². The molecule has 1 unspecified atom stereocenters. The molecule has 1 aliphatic carbocycles. The van der Waals surface area contributed by atoms with Gasteiger partial charge in [0, 0.05) is 58.3 Å². The fourth-order valence-electron chi connectivity index (χ4n) is 9.71. The molecular weight excluding hydrogens is 844 g/mol. The monoisotopic (exact) mass is 898 g/mol. The Morgan fingerprint density at radius 3 is 2.15 bits per heavy atom. The number of halogens is 1. The Hall–Kier alpha value is -4.59. The summed E-state index contributed by atoms with van der Waals surface area (Å²) in [6, 6.07) is 24.9. The lowest BCUT2D eigenvalue weighted by atomic mass is 9.78. The third kappa shape index (κ3) is 9.36. The summed E-state index contributed by atoms with van der Waals surface area (Å²) in [6.45, 7) is 11.8. The predicted octanol–water partition coefficient (Wildman–Crippen LogP) is 9.99. The molecule has 0 radical (unpaired) electrons. The summed E-state index contributed by atoms with van der Waals surface area (Å²) in [5.41, 5.74) is 6.99. The normalized spacial score (nSPS) is 20.0. The van der Waals surface area contributed by atoms with Gasteiger partial charge in [0.15, 0.2) is 5.71 Å². The molecule has 62 heavy (non-hydrogen) atoms. The van der Waals surface area contributed by atoms with E-state index in [1.807, 2.05) is 36.4 Å². The molecule has 0 fully saturated rings. The number of benzene rings is 4. The first-order valence-corrected chi connectivity index (χ1v) is 24.9. The third-order valence-electron chi connectivity index (χ3n) is 12.6. The zero-order valence-electron chi connectivity index (χ0n) is 36.0. The molecule has 1 N–H and O–H groups in total. The number of ether oxygens (including phenoxy) is 1. The highest BCUT2D eigenvalue weighted by molar-refractivity contribution is 7.85. The molecule has 0 aromatic heterocycles. The standard InChI is InChI=1S/C49H55ClN2O8S2/c1-6-60-47(53)37-31-35(21-25-42-48(2,3)44-38-17-9-7-15-33(38)19-23-40(44)51(42)27-11-13-29-61(54,55)56)46(50)36(32-37)22-26-43-49(4,5)45-39-18-10-8-16-34(39)20-24-41(45)52(43)28-12-14-30-62(57,58)59/h7-10,15-26,37H,6,11-14,27-32H2,1-5H3,(H-,54,55,56,57,58,59). The van der Waals surface area contributed by atoms with E-state index in [9.17, 15) is 30.7 Å². The van der Waals surface area contributed by atoms with Gasteiger partial charge in [-0.2, -0.15) is 13.0 Å². The van der Waals surface area contributed by atoms with Crippen LogP contribution in [0.2, 0.25) is 0 Å². The van der Waals surface area contributed by atoms with Crippen molar-refractivity contribution in [3.8, 4) is 0 Å². The second kappa shape index (κ2) is 17.9. The molecule has 10 nitrogen and oxygen atoms in total. The van der Waals surface area contributed by atoms with Crippen molar-refractivity contribution in [1.29, 1.82) is 0 Å². The van der Waals surface area contributed by atoms with E-state index in [-0.39, 0.29) is 24.7 Å². The average Bonchev–Trinajstić information content (AvgIpc) is 3.57. The molecule has 2 heterocycles. The quantitative estimate of drug-likeness (QED) is 0.0534. The van der Waals surface area contributed by atoms with Crippen LogP contribution in [0, 0.1) is 5.92 Å². The minimum absolute atomic E-state index is 0.241. The largest absolute Gasteiger partial charge is 0.748 e. The Morgan fingerprint density at radius 2 is 1.48 bits per heavy atom. The molecule has 0 saturated heterocycles. The molecule has 0 spiro atoms. The summed E-state index contributed by atoms with van der Waals surface area (Å²) >= 11 is 7.38. The summed E-state index contributed by atoms with van der Waals surface area (Å²) < 4.78 is 74.8. The molecule has 4 aromatic rings. The van der Waals surface area contributed by atoms with Crippen LogP contribution >= 0.6 is 11.6 Å². The fraction of sp³-hybridized carbons (Fsp3) is 0.388. The van der Waals surface area contributed by atoms with Crippen molar-refractivity contribution in [2.24, 2.45) is 5.92 Å². The lowest BCUT2D eigenvalue weighted by molar-refractivity contribution is -0.438. The molecule has 3 aliphatic rings. The number of hydrogen-bond acceptors (Lipinski definition) is 8. The van der Waals surface area contributed by atoms with Crippen LogP contribution in [0.1, 0.15) is 84.3 Å². The van der Waals surface area contributed by atoms with E-state index in [2.05, 4.69) is 97.9 Å². The van der Waals surface area contributed by atoms with Gasteiger partial charge in [0.1, 0.15) is 6.54 Å². The number of hydrogen-bond donors (Lipinski definition) is 1. The highest BCUT2D eigenvalue weighted by Crippen LogP contribution is 2.51. The van der Waals surface area contributed by atoms with Crippen LogP contribution < -0.4 is 4.90 Å². The Kier molecular flexibility index (Phi) is 13.1. The zero-order valence-corrected chi connectivity index (χ0v) is 38.4. The van der Waals surface area contributed by atoms with Gasteiger partial charge in [-0.1, -0.05) is 92.2 Å². The Labute approximate surface area is 370 Å². The number of unbranched alkanes of at least 4 members (excludes halogenated alkanes) is 2. The van der Waals surface area contributed by atoms with Crippen molar-refractivity contribution in [3.63, 3.8) is 0 Å². The van der Waals surface area contributed by atoms with Gasteiger partial charge in [-0.25, -0.2) is 8.42 Å². The van der Waals surface area contributed by atoms with Gasteiger partial charge >= 0.3 is 5.97 Å². The summed E-state index contributed by atoms with van der Waals surface area (Å²) in [5, 5.41) is 5.03. The van der Waals surface area contributed by atoms with Gasteiger partial charge in [-0.15, -0.1) is 0 Å². The van der Waals surface area contributed by atoms with Crippen LogP contribution in [0.5, 0.6) is 0 Å². The van der Waals surface area contributed by atoms with Gasteiger partial charge in [0.05, 0.1) is 33.8 Å². The van der Waals surface area contributed by atoms with Crippen LogP contribution in [0.25, 0.3) is 21.5 Å². The minimum Gasteiger partial charge on any atom is -0.748 e. The molecule has 13 heteroatoms. The van der Waals surface area contributed by atoms with E-state index in [0.29, 0.717) is 50.2 Å². The first kappa shape index (κ1) is 45.4. The molecule has 1 atom stereocenters. The molecule has 328 valence electrons. The number of anilines is 1. The minimum atomic E-state index is -4.34. The topological polar surface area (TPSA) is 144 Å². The fourth-order valence-corrected chi connectivity index (χ4v) is 11.1. The van der Waals surface area contributed by atoms with E-state index in [1.54, 1.807) is 6.92 Å². The summed E-state index contributed by atoms with van der Waals surface area (Å²) in [7, 11) is -8.43. The molecule has 0 amide bonds. The second-order valence-electron chi connectivity index (χ2n) is 17.5. The number of rotatable bonds is 15. The van der Waals surface area contributed by atoms with Crippen molar-refractivity contribution in [2.75, 3.05) is 36.1 Å². The second-order valence-corrected chi connectivity index (χ2v) is 21.0. The number of fused-ring (bicyclic) bond motifs is 6. The van der Waals surface area contributed by atoms with E-state index in [4.69, 9.17) is 16.3 Å². The Bertz CT molecular complexity index is 2820. The average molecular weight is 900 g/mol. The molecule has 7 rings (SSSR count). The van der Waals surface area contributed by atoms with Gasteiger partial charge in [0.2, 0.25) is 5.69 Å². The van der Waals surface area contributed by atoms with Crippen LogP contribution in [0.4, 0.5) is 11.4 Å². The number of esters is 1. The Morgan fingerprint density at radius 1 is 0.839 bits per heavy atom. The summed E-state index contributed by atoms with van der Waals surface area (Å²) in [6.07, 6.45) is 10.4. The van der Waals surface area contributed by atoms with E-state index in [0.717, 1.165) is 66.6 Å². The molecule has 0 bridgehead atoms. The highest BCUT2D eigenvalue weighted by atomic mass is 35.5. The van der Waals surface area contributed by atoms with Crippen LogP contribution in [-0.2, 0) is 40.6 Å².